The van der Waals surface area contributed by atoms with Gasteiger partial charge in [-0.3, -0.25) is 4.79 Å². The second-order valence-electron chi connectivity index (χ2n) is 4.12. The van der Waals surface area contributed by atoms with E-state index in [4.69, 9.17) is 5.11 Å². The Morgan fingerprint density at radius 1 is 1.65 bits per heavy atom. The highest BCUT2D eigenvalue weighted by Gasteiger charge is 2.24. The van der Waals surface area contributed by atoms with Crippen LogP contribution in [0.5, 0.6) is 0 Å². The standard InChI is InChI=1S/C12H14FNO2S/c1-14-9(3-5-12(15)16)7-17-11-4-2-8(13)6-10(11)14/h2,4,6,9H,3,5,7H2,1H3,(H,15,16). The topological polar surface area (TPSA) is 40.5 Å². The van der Waals surface area contributed by atoms with Crippen LogP contribution >= 0.6 is 11.8 Å². The first-order valence-electron chi connectivity index (χ1n) is 5.45. The predicted molar refractivity (Wildman–Crippen MR) is 66.2 cm³/mol. The van der Waals surface area contributed by atoms with E-state index in [9.17, 15) is 9.18 Å². The molecule has 0 saturated heterocycles. The molecule has 1 heterocycles. The summed E-state index contributed by atoms with van der Waals surface area (Å²) in [6.45, 7) is 0. The summed E-state index contributed by atoms with van der Waals surface area (Å²) in [6.07, 6.45) is 0.745. The number of thioether (sulfide) groups is 1. The Morgan fingerprint density at radius 2 is 2.41 bits per heavy atom. The molecule has 1 aromatic rings. The zero-order chi connectivity index (χ0) is 12.4. The number of benzene rings is 1. The summed E-state index contributed by atoms with van der Waals surface area (Å²) in [5.74, 6) is -0.189. The normalized spacial score (nSPS) is 18.9. The van der Waals surface area contributed by atoms with Crippen molar-refractivity contribution in [2.75, 3.05) is 17.7 Å². The van der Waals surface area contributed by atoms with Crippen LogP contribution in [0.4, 0.5) is 10.1 Å². The second kappa shape index (κ2) is 4.96. The van der Waals surface area contributed by atoms with Crippen LogP contribution in [0.2, 0.25) is 0 Å². The Bertz CT molecular complexity index is 439. The van der Waals surface area contributed by atoms with Crippen LogP contribution in [0.3, 0.4) is 0 Å². The molecule has 0 saturated carbocycles. The molecule has 5 heteroatoms. The van der Waals surface area contributed by atoms with Crippen molar-refractivity contribution in [2.24, 2.45) is 0 Å². The first-order chi connectivity index (χ1) is 8.08. The maximum atomic E-state index is 13.2. The van der Waals surface area contributed by atoms with E-state index in [0.717, 1.165) is 16.3 Å². The van der Waals surface area contributed by atoms with Crippen molar-refractivity contribution in [2.45, 2.75) is 23.8 Å². The molecule has 0 fully saturated rings. The molecule has 1 unspecified atom stereocenters. The molecule has 0 amide bonds. The third-order valence-corrected chi connectivity index (χ3v) is 4.18. The SMILES string of the molecule is CN1c2cc(F)ccc2SCC1CCC(=O)O. The summed E-state index contributed by atoms with van der Waals surface area (Å²) < 4.78 is 13.2. The van der Waals surface area contributed by atoms with E-state index in [0.29, 0.717) is 6.42 Å². The molecule has 1 aliphatic rings. The lowest BCUT2D eigenvalue weighted by Crippen LogP contribution is -2.37. The molecule has 0 bridgehead atoms. The largest absolute Gasteiger partial charge is 0.481 e. The van der Waals surface area contributed by atoms with Crippen LogP contribution in [-0.4, -0.2) is 29.9 Å². The van der Waals surface area contributed by atoms with Gasteiger partial charge in [0.05, 0.1) is 5.69 Å². The average molecular weight is 255 g/mol. The predicted octanol–water partition coefficient (Wildman–Crippen LogP) is 2.60. The zero-order valence-corrected chi connectivity index (χ0v) is 10.3. The first-order valence-corrected chi connectivity index (χ1v) is 6.43. The van der Waals surface area contributed by atoms with Gasteiger partial charge in [-0.1, -0.05) is 0 Å². The number of anilines is 1. The first kappa shape index (κ1) is 12.2. The van der Waals surface area contributed by atoms with E-state index in [1.165, 1.54) is 12.1 Å². The lowest BCUT2D eigenvalue weighted by atomic mass is 10.1. The van der Waals surface area contributed by atoms with Gasteiger partial charge in [-0.25, -0.2) is 4.39 Å². The minimum absolute atomic E-state index is 0.153. The fraction of sp³-hybridized carbons (Fsp3) is 0.417. The van der Waals surface area contributed by atoms with Crippen LogP contribution in [0.15, 0.2) is 23.1 Å². The van der Waals surface area contributed by atoms with Gasteiger partial charge >= 0.3 is 5.97 Å². The van der Waals surface area contributed by atoms with E-state index in [-0.39, 0.29) is 18.3 Å². The van der Waals surface area contributed by atoms with Crippen molar-refractivity contribution in [3.63, 3.8) is 0 Å². The number of halogens is 1. The van der Waals surface area contributed by atoms with Crippen molar-refractivity contribution >= 4 is 23.4 Å². The van der Waals surface area contributed by atoms with Crippen LogP contribution in [0.1, 0.15) is 12.8 Å². The number of carboxylic acid groups (broad SMARTS) is 1. The maximum absolute atomic E-state index is 13.2. The van der Waals surface area contributed by atoms with Crippen molar-refractivity contribution < 1.29 is 14.3 Å². The Kier molecular flexibility index (Phi) is 3.57. The molecule has 1 N–H and O–H groups in total. The second-order valence-corrected chi connectivity index (χ2v) is 5.18. The fourth-order valence-corrected chi connectivity index (χ4v) is 3.23. The highest BCUT2D eigenvalue weighted by molar-refractivity contribution is 7.99. The van der Waals surface area contributed by atoms with Crippen LogP contribution in [0.25, 0.3) is 0 Å². The minimum atomic E-state index is -0.784. The zero-order valence-electron chi connectivity index (χ0n) is 9.52. The van der Waals surface area contributed by atoms with E-state index in [1.54, 1.807) is 17.8 Å². The van der Waals surface area contributed by atoms with Crippen LogP contribution < -0.4 is 4.90 Å². The summed E-state index contributed by atoms with van der Waals surface area (Å²) in [6, 6.07) is 4.90. The van der Waals surface area contributed by atoms with Gasteiger partial charge in [0.25, 0.3) is 0 Å². The van der Waals surface area contributed by atoms with Gasteiger partial charge in [-0.15, -0.1) is 11.8 Å². The Labute approximate surface area is 104 Å². The van der Waals surface area contributed by atoms with Gasteiger partial charge in [0.15, 0.2) is 0 Å². The fourth-order valence-electron chi connectivity index (χ4n) is 1.95. The summed E-state index contributed by atoms with van der Waals surface area (Å²) >= 11 is 1.66. The number of nitrogens with zero attached hydrogens (tertiary/aromatic N) is 1. The molecule has 0 radical (unpaired) electrons. The molecule has 0 spiro atoms. The third-order valence-electron chi connectivity index (χ3n) is 2.97. The summed E-state index contributed by atoms with van der Waals surface area (Å²) in [5, 5.41) is 8.68. The Hall–Kier alpha value is -1.23. The molecular weight excluding hydrogens is 241 g/mol. The lowest BCUT2D eigenvalue weighted by Gasteiger charge is -2.35. The molecule has 17 heavy (non-hydrogen) atoms. The monoisotopic (exact) mass is 255 g/mol. The summed E-state index contributed by atoms with van der Waals surface area (Å²) in [4.78, 5) is 13.6. The van der Waals surface area contributed by atoms with Crippen LogP contribution in [-0.2, 0) is 4.79 Å². The van der Waals surface area contributed by atoms with Gasteiger partial charge in [-0.05, 0) is 24.6 Å². The molecule has 0 aromatic heterocycles. The van der Waals surface area contributed by atoms with E-state index >= 15 is 0 Å². The van der Waals surface area contributed by atoms with Gasteiger partial charge in [0, 0.05) is 30.2 Å². The van der Waals surface area contributed by atoms with E-state index < -0.39 is 5.97 Å². The molecular formula is C12H14FNO2S. The highest BCUT2D eigenvalue weighted by atomic mass is 32.2. The van der Waals surface area contributed by atoms with E-state index in [1.807, 2.05) is 11.9 Å². The van der Waals surface area contributed by atoms with Gasteiger partial charge < -0.3 is 10.0 Å². The van der Waals surface area contributed by atoms with Crippen molar-refractivity contribution in [1.29, 1.82) is 0 Å². The van der Waals surface area contributed by atoms with Crippen LogP contribution in [0, 0.1) is 5.82 Å². The smallest absolute Gasteiger partial charge is 0.303 e. The average Bonchev–Trinajstić information content (AvgIpc) is 2.29. The number of fused-ring (bicyclic) bond motifs is 1. The Morgan fingerprint density at radius 3 is 3.12 bits per heavy atom. The summed E-state index contributed by atoms with van der Waals surface area (Å²) in [7, 11) is 1.89. The lowest BCUT2D eigenvalue weighted by molar-refractivity contribution is -0.137. The number of rotatable bonds is 3. The molecule has 1 aliphatic heterocycles. The highest BCUT2D eigenvalue weighted by Crippen LogP contribution is 2.37. The van der Waals surface area contributed by atoms with Gasteiger partial charge in [-0.2, -0.15) is 0 Å². The summed E-state index contributed by atoms with van der Waals surface area (Å²) in [5.41, 5.74) is 0.858. The third kappa shape index (κ3) is 2.72. The number of carboxylic acids is 1. The maximum Gasteiger partial charge on any atom is 0.303 e. The molecule has 3 nitrogen and oxygen atoms in total. The van der Waals surface area contributed by atoms with Crippen molar-refractivity contribution in [3.05, 3.63) is 24.0 Å². The van der Waals surface area contributed by atoms with E-state index in [2.05, 4.69) is 0 Å². The minimum Gasteiger partial charge on any atom is -0.481 e. The quantitative estimate of drug-likeness (QED) is 0.901. The van der Waals surface area contributed by atoms with Crippen molar-refractivity contribution in [1.82, 2.24) is 0 Å². The Balaban J connectivity index is 2.14. The molecule has 0 aliphatic carbocycles. The molecule has 92 valence electrons. The number of carbonyl (C=O) groups is 1. The number of hydrogen-bond donors (Lipinski definition) is 1. The molecule has 2 rings (SSSR count). The molecule has 1 aromatic carbocycles. The number of aliphatic carboxylic acids is 1. The van der Waals surface area contributed by atoms with Gasteiger partial charge in [0.1, 0.15) is 5.82 Å². The number of hydrogen-bond acceptors (Lipinski definition) is 3. The molecule has 1 atom stereocenters. The van der Waals surface area contributed by atoms with Crippen molar-refractivity contribution in [3.8, 4) is 0 Å². The van der Waals surface area contributed by atoms with Gasteiger partial charge in [0.2, 0.25) is 0 Å².